The molecule has 2 aliphatic heterocycles. The number of aliphatic hydroxyl groups excluding tert-OH is 1. The van der Waals surface area contributed by atoms with Gasteiger partial charge in [0.05, 0.1) is 11.2 Å². The van der Waals surface area contributed by atoms with E-state index in [9.17, 15) is 14.4 Å². The fourth-order valence-corrected chi connectivity index (χ4v) is 3.96. The fraction of sp³-hybridized carbons (Fsp3) is 0.471. The van der Waals surface area contributed by atoms with E-state index < -0.39 is 11.1 Å². The minimum atomic E-state index is -0.476. The number of carbonyl (C=O) groups excluding carboxylic acids is 3. The summed E-state index contributed by atoms with van der Waals surface area (Å²) in [5, 5.41) is 8.72. The molecule has 7 nitrogen and oxygen atoms in total. The maximum absolute atomic E-state index is 12.6. The molecule has 3 heterocycles. The van der Waals surface area contributed by atoms with Crippen LogP contribution in [0.25, 0.3) is 6.08 Å². The van der Waals surface area contributed by atoms with Gasteiger partial charge in [-0.1, -0.05) is 0 Å². The number of hydrogen-bond acceptors (Lipinski definition) is 6. The zero-order valence-corrected chi connectivity index (χ0v) is 14.5. The predicted octanol–water partition coefficient (Wildman–Crippen LogP) is 2.08. The minimum Gasteiger partial charge on any atom is -0.465 e. The molecule has 0 bridgehead atoms. The van der Waals surface area contributed by atoms with Gasteiger partial charge < -0.3 is 14.4 Å². The van der Waals surface area contributed by atoms with Gasteiger partial charge in [0.2, 0.25) is 5.91 Å². The second kappa shape index (κ2) is 7.88. The summed E-state index contributed by atoms with van der Waals surface area (Å²) < 4.78 is 5.16. The maximum Gasteiger partial charge on any atom is 0.294 e. The van der Waals surface area contributed by atoms with Gasteiger partial charge in [-0.05, 0) is 49.6 Å². The number of hydrogen-bond donors (Lipinski definition) is 1. The highest BCUT2D eigenvalue weighted by Crippen LogP contribution is 2.32. The van der Waals surface area contributed by atoms with Crippen LogP contribution in [-0.4, -0.2) is 57.7 Å². The number of thioether (sulfide) groups is 1. The van der Waals surface area contributed by atoms with E-state index in [-0.39, 0.29) is 30.0 Å². The molecular weight excluding hydrogens is 344 g/mol. The number of imide groups is 1. The highest BCUT2D eigenvalue weighted by molar-refractivity contribution is 8.18. The Balaban J connectivity index is 1.68. The molecule has 25 heavy (non-hydrogen) atoms. The number of aliphatic hydroxyl groups is 1. The summed E-state index contributed by atoms with van der Waals surface area (Å²) in [6.45, 7) is 0.353. The van der Waals surface area contributed by atoms with E-state index in [4.69, 9.17) is 9.52 Å². The molecule has 0 radical (unpaired) electrons. The largest absolute Gasteiger partial charge is 0.465 e. The number of nitrogens with zero attached hydrogens (tertiary/aromatic N) is 2. The number of amides is 3. The number of likely N-dealkylation sites (tertiary alicyclic amines) is 1. The highest BCUT2D eigenvalue weighted by Gasteiger charge is 2.38. The summed E-state index contributed by atoms with van der Waals surface area (Å²) in [5.41, 5.74) is 0. The molecule has 0 aliphatic carbocycles. The molecule has 0 spiro atoms. The van der Waals surface area contributed by atoms with Crippen LogP contribution in [0, 0.1) is 0 Å². The van der Waals surface area contributed by atoms with E-state index >= 15 is 0 Å². The van der Waals surface area contributed by atoms with Crippen molar-refractivity contribution in [1.29, 1.82) is 0 Å². The fourth-order valence-electron chi connectivity index (χ4n) is 3.14. The summed E-state index contributed by atoms with van der Waals surface area (Å²) >= 11 is 0.808. The van der Waals surface area contributed by atoms with Crippen LogP contribution in [0.3, 0.4) is 0 Å². The average molecular weight is 364 g/mol. The van der Waals surface area contributed by atoms with Crippen molar-refractivity contribution in [2.45, 2.75) is 31.7 Å². The summed E-state index contributed by atoms with van der Waals surface area (Å²) in [6, 6.07) is 3.36. The third-order valence-corrected chi connectivity index (χ3v) is 5.30. The molecule has 1 atom stereocenters. The third kappa shape index (κ3) is 3.96. The summed E-state index contributed by atoms with van der Waals surface area (Å²) in [7, 11) is 0. The number of furan rings is 1. The number of rotatable bonds is 5. The van der Waals surface area contributed by atoms with Gasteiger partial charge in [-0.25, -0.2) is 0 Å². The maximum atomic E-state index is 12.6. The van der Waals surface area contributed by atoms with Crippen LogP contribution in [0.4, 0.5) is 4.79 Å². The first-order valence-corrected chi connectivity index (χ1v) is 9.11. The van der Waals surface area contributed by atoms with Crippen molar-refractivity contribution in [3.63, 3.8) is 0 Å². The Morgan fingerprint density at radius 1 is 1.40 bits per heavy atom. The van der Waals surface area contributed by atoms with Gasteiger partial charge in [0.15, 0.2) is 0 Å². The SMILES string of the molecule is O=C1S/C(=C\c2ccco2)C(=O)N1CC(=O)N1CCCCC1CCO. The van der Waals surface area contributed by atoms with Crippen LogP contribution in [0.15, 0.2) is 27.7 Å². The Hall–Kier alpha value is -2.06. The molecular formula is C17H20N2O5S. The van der Waals surface area contributed by atoms with Gasteiger partial charge >= 0.3 is 0 Å². The van der Waals surface area contributed by atoms with Crippen LogP contribution in [0.5, 0.6) is 0 Å². The molecule has 2 aliphatic rings. The van der Waals surface area contributed by atoms with Gasteiger partial charge in [0.25, 0.3) is 11.1 Å². The molecule has 2 saturated heterocycles. The van der Waals surface area contributed by atoms with E-state index in [1.807, 2.05) is 0 Å². The average Bonchev–Trinajstić information content (AvgIpc) is 3.20. The molecule has 1 aromatic heterocycles. The molecule has 1 aromatic rings. The van der Waals surface area contributed by atoms with Crippen molar-refractivity contribution in [3.8, 4) is 0 Å². The van der Waals surface area contributed by atoms with E-state index in [0.29, 0.717) is 18.7 Å². The molecule has 3 rings (SSSR count). The number of carbonyl (C=O) groups is 3. The zero-order valence-electron chi connectivity index (χ0n) is 13.7. The van der Waals surface area contributed by atoms with Gasteiger partial charge in [-0.2, -0.15) is 0 Å². The molecule has 0 aromatic carbocycles. The Morgan fingerprint density at radius 3 is 2.96 bits per heavy atom. The van der Waals surface area contributed by atoms with Crippen molar-refractivity contribution in [1.82, 2.24) is 9.80 Å². The Labute approximate surface area is 149 Å². The van der Waals surface area contributed by atoms with Crippen molar-refractivity contribution in [2.75, 3.05) is 19.7 Å². The Bertz CT molecular complexity index is 683. The van der Waals surface area contributed by atoms with Crippen LogP contribution in [0.1, 0.15) is 31.4 Å². The first-order chi connectivity index (χ1) is 12.1. The van der Waals surface area contributed by atoms with Crippen molar-refractivity contribution >= 4 is 34.9 Å². The minimum absolute atomic E-state index is 0.0158. The van der Waals surface area contributed by atoms with Crippen molar-refractivity contribution < 1.29 is 23.9 Å². The number of piperidine rings is 1. The lowest BCUT2D eigenvalue weighted by Crippen LogP contribution is -2.49. The smallest absolute Gasteiger partial charge is 0.294 e. The molecule has 0 saturated carbocycles. The normalized spacial score (nSPS) is 22.9. The van der Waals surface area contributed by atoms with Crippen LogP contribution < -0.4 is 0 Å². The summed E-state index contributed by atoms with van der Waals surface area (Å²) in [5.74, 6) is -0.244. The summed E-state index contributed by atoms with van der Waals surface area (Å²) in [4.78, 5) is 40.1. The van der Waals surface area contributed by atoms with E-state index in [2.05, 4.69) is 0 Å². The van der Waals surface area contributed by atoms with Crippen LogP contribution in [-0.2, 0) is 9.59 Å². The lowest BCUT2D eigenvalue weighted by Gasteiger charge is -2.36. The topological polar surface area (TPSA) is 91.1 Å². The Morgan fingerprint density at radius 2 is 2.24 bits per heavy atom. The third-order valence-electron chi connectivity index (χ3n) is 4.39. The van der Waals surface area contributed by atoms with E-state index in [0.717, 1.165) is 35.9 Å². The summed E-state index contributed by atoms with van der Waals surface area (Å²) in [6.07, 6.45) is 6.26. The lowest BCUT2D eigenvalue weighted by atomic mass is 9.99. The van der Waals surface area contributed by atoms with Crippen LogP contribution in [0.2, 0.25) is 0 Å². The first-order valence-electron chi connectivity index (χ1n) is 8.29. The van der Waals surface area contributed by atoms with Crippen LogP contribution >= 0.6 is 11.8 Å². The second-order valence-corrected chi connectivity index (χ2v) is 7.03. The highest BCUT2D eigenvalue weighted by atomic mass is 32.2. The monoisotopic (exact) mass is 364 g/mol. The van der Waals surface area contributed by atoms with Gasteiger partial charge in [0.1, 0.15) is 12.3 Å². The molecule has 2 fully saturated rings. The first kappa shape index (κ1) is 17.8. The van der Waals surface area contributed by atoms with E-state index in [1.165, 1.54) is 12.3 Å². The molecule has 3 amide bonds. The van der Waals surface area contributed by atoms with Crippen molar-refractivity contribution in [2.24, 2.45) is 0 Å². The second-order valence-electron chi connectivity index (χ2n) is 6.03. The van der Waals surface area contributed by atoms with E-state index in [1.54, 1.807) is 17.0 Å². The Kier molecular flexibility index (Phi) is 5.60. The zero-order chi connectivity index (χ0) is 17.8. The molecule has 8 heteroatoms. The predicted molar refractivity (Wildman–Crippen MR) is 92.4 cm³/mol. The lowest BCUT2D eigenvalue weighted by molar-refractivity contribution is -0.139. The molecule has 1 N–H and O–H groups in total. The van der Waals surface area contributed by atoms with Gasteiger partial charge in [-0.3, -0.25) is 19.3 Å². The van der Waals surface area contributed by atoms with Gasteiger partial charge in [0, 0.05) is 25.3 Å². The van der Waals surface area contributed by atoms with Crippen molar-refractivity contribution in [3.05, 3.63) is 29.1 Å². The quantitative estimate of drug-likeness (QED) is 0.805. The van der Waals surface area contributed by atoms with Gasteiger partial charge in [-0.15, -0.1) is 0 Å². The standard InChI is InChI=1S/C17H20N2O5S/c20-8-6-12-4-1-2-7-18(12)15(21)11-19-16(22)14(25-17(19)23)10-13-5-3-9-24-13/h3,5,9-10,12,20H,1-2,4,6-8,11H2/b14-10-. The molecule has 1 unspecified atom stereocenters. The molecule has 134 valence electrons.